The van der Waals surface area contributed by atoms with E-state index in [1.54, 1.807) is 0 Å². The number of carbonyl (C=O) groups is 2. The Morgan fingerprint density at radius 1 is 1.18 bits per heavy atom. The second kappa shape index (κ2) is 7.79. The summed E-state index contributed by atoms with van der Waals surface area (Å²) < 4.78 is 51.0. The van der Waals surface area contributed by atoms with E-state index in [2.05, 4.69) is 5.32 Å². The molecule has 0 radical (unpaired) electrons. The first-order valence-corrected chi connectivity index (χ1v) is 8.72. The Morgan fingerprint density at radius 2 is 1.86 bits per heavy atom. The number of nitrogens with zero attached hydrogens (tertiary/aromatic N) is 1. The largest absolute Gasteiger partial charge is 0.416 e. The lowest BCUT2D eigenvalue weighted by Crippen LogP contribution is -2.32. The lowest BCUT2D eigenvalue weighted by molar-refractivity contribution is -0.137. The van der Waals surface area contributed by atoms with Gasteiger partial charge in [0.25, 0.3) is 0 Å². The van der Waals surface area contributed by atoms with E-state index in [0.29, 0.717) is 11.3 Å². The molecule has 2 amide bonds. The van der Waals surface area contributed by atoms with E-state index in [-0.39, 0.29) is 36.3 Å². The maximum Gasteiger partial charge on any atom is 0.416 e. The zero-order valence-corrected chi connectivity index (χ0v) is 15.1. The number of hydrogen-bond donors (Lipinski definition) is 1. The Bertz CT molecular complexity index is 900. The van der Waals surface area contributed by atoms with Crippen molar-refractivity contribution in [1.82, 2.24) is 5.32 Å². The maximum atomic E-state index is 13.3. The highest BCUT2D eigenvalue weighted by molar-refractivity contribution is 6.31. The molecular weight excluding hydrogens is 400 g/mol. The highest BCUT2D eigenvalue weighted by atomic mass is 35.5. The van der Waals surface area contributed by atoms with Gasteiger partial charge in [-0.15, -0.1) is 0 Å². The van der Waals surface area contributed by atoms with Gasteiger partial charge in [0.05, 0.1) is 16.5 Å². The number of carbonyl (C=O) groups excluding carboxylic acids is 2. The molecule has 0 saturated carbocycles. The molecule has 3 rings (SSSR count). The van der Waals surface area contributed by atoms with Crippen LogP contribution in [0.15, 0.2) is 42.5 Å². The zero-order valence-electron chi connectivity index (χ0n) is 14.4. The molecule has 1 saturated heterocycles. The Labute approximate surface area is 163 Å². The van der Waals surface area contributed by atoms with E-state index in [4.69, 9.17) is 11.6 Å². The number of halogens is 5. The monoisotopic (exact) mass is 414 g/mol. The van der Waals surface area contributed by atoms with Crippen molar-refractivity contribution in [2.24, 2.45) is 5.92 Å². The van der Waals surface area contributed by atoms with Gasteiger partial charge in [0.15, 0.2) is 0 Å². The standard InChI is InChI=1S/C19H15ClF4N2O2/c20-15-8-14(5-6-16(15)21)26-10-12(7-17(26)27)18(28)25-9-11-1-3-13(4-2-11)19(22,23)24/h1-6,8,12H,7,9-10H2,(H,25,28)/t12-/m1/s1. The van der Waals surface area contributed by atoms with Gasteiger partial charge in [-0.25, -0.2) is 4.39 Å². The molecule has 1 atom stereocenters. The first-order chi connectivity index (χ1) is 13.1. The van der Waals surface area contributed by atoms with Crippen molar-refractivity contribution < 1.29 is 27.2 Å². The van der Waals surface area contributed by atoms with Crippen LogP contribution in [0.5, 0.6) is 0 Å². The van der Waals surface area contributed by atoms with Crippen LogP contribution in [0.25, 0.3) is 0 Å². The molecule has 0 aromatic heterocycles. The first-order valence-electron chi connectivity index (χ1n) is 8.34. The van der Waals surface area contributed by atoms with E-state index in [1.165, 1.54) is 29.2 Å². The fourth-order valence-electron chi connectivity index (χ4n) is 2.93. The van der Waals surface area contributed by atoms with Crippen molar-refractivity contribution in [3.8, 4) is 0 Å². The molecule has 1 aliphatic heterocycles. The first kappa shape index (κ1) is 20.1. The Balaban J connectivity index is 1.59. The minimum atomic E-state index is -4.42. The molecule has 0 aliphatic carbocycles. The summed E-state index contributed by atoms with van der Waals surface area (Å²) >= 11 is 5.73. The third kappa shape index (κ3) is 4.44. The van der Waals surface area contributed by atoms with Crippen LogP contribution in [-0.2, 0) is 22.3 Å². The third-order valence-electron chi connectivity index (χ3n) is 4.46. The number of amides is 2. The van der Waals surface area contributed by atoms with Crippen LogP contribution in [0, 0.1) is 11.7 Å². The van der Waals surface area contributed by atoms with Gasteiger partial charge >= 0.3 is 6.18 Å². The smallest absolute Gasteiger partial charge is 0.352 e. The maximum absolute atomic E-state index is 13.3. The van der Waals surface area contributed by atoms with Crippen LogP contribution < -0.4 is 10.2 Å². The number of hydrogen-bond acceptors (Lipinski definition) is 2. The van der Waals surface area contributed by atoms with Crippen molar-refractivity contribution in [3.63, 3.8) is 0 Å². The highest BCUT2D eigenvalue weighted by Gasteiger charge is 2.35. The third-order valence-corrected chi connectivity index (χ3v) is 4.75. The van der Waals surface area contributed by atoms with Crippen molar-refractivity contribution in [2.45, 2.75) is 19.1 Å². The summed E-state index contributed by atoms with van der Waals surface area (Å²) in [6.07, 6.45) is -4.44. The molecule has 2 aromatic carbocycles. The van der Waals surface area contributed by atoms with Crippen LogP contribution in [-0.4, -0.2) is 18.4 Å². The van der Waals surface area contributed by atoms with Crippen molar-refractivity contribution in [1.29, 1.82) is 0 Å². The number of nitrogens with one attached hydrogen (secondary N) is 1. The molecule has 9 heteroatoms. The van der Waals surface area contributed by atoms with Crippen LogP contribution >= 0.6 is 11.6 Å². The van der Waals surface area contributed by atoms with E-state index in [9.17, 15) is 27.2 Å². The minimum absolute atomic E-state index is 0.0200. The topological polar surface area (TPSA) is 49.4 Å². The summed E-state index contributed by atoms with van der Waals surface area (Å²) in [4.78, 5) is 25.9. The summed E-state index contributed by atoms with van der Waals surface area (Å²) in [5, 5.41) is 2.50. The molecule has 0 spiro atoms. The van der Waals surface area contributed by atoms with Gasteiger partial charge in [-0.2, -0.15) is 13.2 Å². The van der Waals surface area contributed by atoms with E-state index < -0.39 is 23.5 Å². The number of benzene rings is 2. The predicted octanol–water partition coefficient (Wildman–Crippen LogP) is 4.17. The quantitative estimate of drug-likeness (QED) is 0.763. The molecule has 148 valence electrons. The molecule has 1 aliphatic rings. The summed E-state index contributed by atoms with van der Waals surface area (Å²) in [5.41, 5.74) is 0.139. The minimum Gasteiger partial charge on any atom is -0.352 e. The van der Waals surface area contributed by atoms with E-state index in [1.807, 2.05) is 0 Å². The fraction of sp³-hybridized carbons (Fsp3) is 0.263. The van der Waals surface area contributed by atoms with Crippen molar-refractivity contribution in [3.05, 3.63) is 64.4 Å². The molecule has 1 N–H and O–H groups in total. The van der Waals surface area contributed by atoms with Gasteiger partial charge in [0.2, 0.25) is 11.8 Å². The summed E-state index contributed by atoms with van der Waals surface area (Å²) in [7, 11) is 0. The second-order valence-electron chi connectivity index (χ2n) is 6.42. The average molecular weight is 415 g/mol. The Hall–Kier alpha value is -2.61. The molecule has 2 aromatic rings. The lowest BCUT2D eigenvalue weighted by Gasteiger charge is -2.17. The predicted molar refractivity (Wildman–Crippen MR) is 95.2 cm³/mol. The van der Waals surface area contributed by atoms with E-state index in [0.717, 1.165) is 18.2 Å². The molecule has 4 nitrogen and oxygen atoms in total. The molecule has 0 unspecified atom stereocenters. The van der Waals surface area contributed by atoms with Crippen LogP contribution in [0.2, 0.25) is 5.02 Å². The Kier molecular flexibility index (Phi) is 5.60. The van der Waals surface area contributed by atoms with Gasteiger partial charge in [-0.3, -0.25) is 9.59 Å². The number of rotatable bonds is 4. The summed E-state index contributed by atoms with van der Waals surface area (Å²) in [5.74, 6) is -1.91. The molecular formula is C19H15ClF4N2O2. The van der Waals surface area contributed by atoms with Crippen LogP contribution in [0.3, 0.4) is 0 Å². The Morgan fingerprint density at radius 3 is 2.46 bits per heavy atom. The van der Waals surface area contributed by atoms with Gasteiger partial charge in [0, 0.05) is 25.2 Å². The second-order valence-corrected chi connectivity index (χ2v) is 6.82. The number of alkyl halides is 3. The van der Waals surface area contributed by atoms with Crippen molar-refractivity contribution in [2.75, 3.05) is 11.4 Å². The zero-order chi connectivity index (χ0) is 20.5. The molecule has 1 heterocycles. The normalized spacial score (nSPS) is 17.1. The number of anilines is 1. The van der Waals surface area contributed by atoms with Crippen LogP contribution in [0.1, 0.15) is 17.5 Å². The van der Waals surface area contributed by atoms with Crippen LogP contribution in [0.4, 0.5) is 23.2 Å². The van der Waals surface area contributed by atoms with Gasteiger partial charge in [0.1, 0.15) is 5.82 Å². The average Bonchev–Trinajstić information content (AvgIpc) is 3.03. The van der Waals surface area contributed by atoms with Gasteiger partial charge < -0.3 is 10.2 Å². The molecule has 28 heavy (non-hydrogen) atoms. The summed E-state index contributed by atoms with van der Waals surface area (Å²) in [6, 6.07) is 8.33. The molecule has 1 fully saturated rings. The SMILES string of the molecule is O=C(NCc1ccc(C(F)(F)F)cc1)[C@@H]1CC(=O)N(c2ccc(F)c(Cl)c2)C1. The molecule has 0 bridgehead atoms. The van der Waals surface area contributed by atoms with Crippen molar-refractivity contribution >= 4 is 29.1 Å². The highest BCUT2D eigenvalue weighted by Crippen LogP contribution is 2.30. The van der Waals surface area contributed by atoms with Gasteiger partial charge in [-0.1, -0.05) is 23.7 Å². The van der Waals surface area contributed by atoms with E-state index >= 15 is 0 Å². The van der Waals surface area contributed by atoms with Gasteiger partial charge in [-0.05, 0) is 35.9 Å². The lowest BCUT2D eigenvalue weighted by atomic mass is 10.1. The fourth-order valence-corrected chi connectivity index (χ4v) is 3.11. The summed E-state index contributed by atoms with van der Waals surface area (Å²) in [6.45, 7) is 0.156.